The standard InChI is InChI=1S/C19H27N5O3/c1-13-23-18(24-27-13)12-22-19(20-2)21-11-14-8-9-16(25-3)10-17(14)26-15-6-4-5-7-15/h8-10,15H,4-7,11-12H2,1-3H3,(H2,20,21,22). The lowest BCUT2D eigenvalue weighted by Crippen LogP contribution is -2.36. The van der Waals surface area contributed by atoms with Gasteiger partial charge in [-0.25, -0.2) is 0 Å². The van der Waals surface area contributed by atoms with Gasteiger partial charge in [0.05, 0.1) is 19.8 Å². The van der Waals surface area contributed by atoms with Gasteiger partial charge in [-0.2, -0.15) is 4.98 Å². The van der Waals surface area contributed by atoms with E-state index in [9.17, 15) is 0 Å². The van der Waals surface area contributed by atoms with Crippen LogP contribution in [0.15, 0.2) is 27.7 Å². The summed E-state index contributed by atoms with van der Waals surface area (Å²) >= 11 is 0. The molecule has 8 nitrogen and oxygen atoms in total. The van der Waals surface area contributed by atoms with E-state index in [2.05, 4.69) is 25.8 Å². The van der Waals surface area contributed by atoms with Crippen LogP contribution >= 0.6 is 0 Å². The summed E-state index contributed by atoms with van der Waals surface area (Å²) in [6, 6.07) is 5.91. The lowest BCUT2D eigenvalue weighted by atomic mass is 10.2. The zero-order chi connectivity index (χ0) is 19.1. The summed E-state index contributed by atoms with van der Waals surface area (Å²) in [5.74, 6) is 3.44. The van der Waals surface area contributed by atoms with Crippen LogP contribution in [0.2, 0.25) is 0 Å². The predicted molar refractivity (Wildman–Crippen MR) is 102 cm³/mol. The molecule has 146 valence electrons. The molecule has 2 N–H and O–H groups in total. The van der Waals surface area contributed by atoms with Crippen molar-refractivity contribution in [3.8, 4) is 11.5 Å². The molecule has 1 heterocycles. The molecule has 0 amide bonds. The Hall–Kier alpha value is -2.77. The molecule has 0 aliphatic heterocycles. The first kappa shape index (κ1) is 19.0. The molecule has 1 fully saturated rings. The molecule has 0 spiro atoms. The highest BCUT2D eigenvalue weighted by molar-refractivity contribution is 5.79. The van der Waals surface area contributed by atoms with Crippen LogP contribution in [0.25, 0.3) is 0 Å². The molecule has 0 saturated heterocycles. The number of nitrogens with one attached hydrogen (secondary N) is 2. The SMILES string of the molecule is CN=C(NCc1noc(C)n1)NCc1ccc(OC)cc1OC1CCCC1. The van der Waals surface area contributed by atoms with Gasteiger partial charge in [-0.1, -0.05) is 5.16 Å². The number of ether oxygens (including phenoxy) is 2. The molecule has 0 bridgehead atoms. The van der Waals surface area contributed by atoms with E-state index < -0.39 is 0 Å². The molecule has 0 unspecified atom stereocenters. The zero-order valence-corrected chi connectivity index (χ0v) is 16.1. The monoisotopic (exact) mass is 373 g/mol. The Bertz CT molecular complexity index is 768. The van der Waals surface area contributed by atoms with Crippen molar-refractivity contribution in [3.63, 3.8) is 0 Å². The van der Waals surface area contributed by atoms with Crippen molar-refractivity contribution < 1.29 is 14.0 Å². The molecule has 0 atom stereocenters. The number of aromatic nitrogens is 2. The third-order valence-electron chi connectivity index (χ3n) is 4.52. The first-order valence-electron chi connectivity index (χ1n) is 9.25. The number of benzene rings is 1. The second kappa shape index (κ2) is 9.25. The number of methoxy groups -OCH3 is 1. The highest BCUT2D eigenvalue weighted by Crippen LogP contribution is 2.29. The highest BCUT2D eigenvalue weighted by atomic mass is 16.5. The fourth-order valence-electron chi connectivity index (χ4n) is 3.08. The minimum atomic E-state index is 0.287. The lowest BCUT2D eigenvalue weighted by molar-refractivity contribution is 0.207. The van der Waals surface area contributed by atoms with Gasteiger partial charge in [-0.3, -0.25) is 4.99 Å². The summed E-state index contributed by atoms with van der Waals surface area (Å²) in [6.45, 7) is 2.78. The molecule has 1 aliphatic carbocycles. The molecule has 1 saturated carbocycles. The predicted octanol–water partition coefficient (Wildman–Crippen LogP) is 2.57. The van der Waals surface area contributed by atoms with Crippen LogP contribution in [0.1, 0.15) is 43.0 Å². The van der Waals surface area contributed by atoms with E-state index in [1.54, 1.807) is 21.1 Å². The number of hydrogen-bond donors (Lipinski definition) is 2. The van der Waals surface area contributed by atoms with E-state index in [0.717, 1.165) is 29.9 Å². The average Bonchev–Trinajstić information content (AvgIpc) is 3.34. The fraction of sp³-hybridized carbons (Fsp3) is 0.526. The summed E-state index contributed by atoms with van der Waals surface area (Å²) in [5, 5.41) is 10.3. The van der Waals surface area contributed by atoms with Gasteiger partial charge < -0.3 is 24.6 Å². The van der Waals surface area contributed by atoms with Crippen molar-refractivity contribution in [2.45, 2.75) is 51.8 Å². The number of nitrogens with zero attached hydrogens (tertiary/aromatic N) is 3. The van der Waals surface area contributed by atoms with Crippen LogP contribution in [0, 0.1) is 6.92 Å². The molecule has 8 heteroatoms. The van der Waals surface area contributed by atoms with Gasteiger partial charge in [0.15, 0.2) is 11.8 Å². The molecular weight excluding hydrogens is 346 g/mol. The van der Waals surface area contributed by atoms with Crippen LogP contribution in [-0.2, 0) is 13.1 Å². The van der Waals surface area contributed by atoms with Crippen molar-refractivity contribution in [1.82, 2.24) is 20.8 Å². The van der Waals surface area contributed by atoms with Crippen molar-refractivity contribution >= 4 is 5.96 Å². The van der Waals surface area contributed by atoms with E-state index in [1.165, 1.54) is 12.8 Å². The highest BCUT2D eigenvalue weighted by Gasteiger charge is 2.18. The topological polar surface area (TPSA) is 93.8 Å². The molecule has 0 radical (unpaired) electrons. The van der Waals surface area contributed by atoms with Crippen molar-refractivity contribution in [3.05, 3.63) is 35.5 Å². The quantitative estimate of drug-likeness (QED) is 0.569. The van der Waals surface area contributed by atoms with Crippen LogP contribution in [0.3, 0.4) is 0 Å². The Kier molecular flexibility index (Phi) is 6.51. The van der Waals surface area contributed by atoms with Gasteiger partial charge in [0.2, 0.25) is 5.89 Å². The second-order valence-electron chi connectivity index (χ2n) is 6.51. The second-order valence-corrected chi connectivity index (χ2v) is 6.51. The van der Waals surface area contributed by atoms with Crippen molar-refractivity contribution in [2.24, 2.45) is 4.99 Å². The van der Waals surface area contributed by atoms with E-state index in [4.69, 9.17) is 14.0 Å². The summed E-state index contributed by atoms with van der Waals surface area (Å²) in [7, 11) is 3.39. The molecule has 1 aliphatic rings. The van der Waals surface area contributed by atoms with Gasteiger partial charge in [0.1, 0.15) is 11.5 Å². The van der Waals surface area contributed by atoms with Gasteiger partial charge in [0, 0.05) is 32.1 Å². The molecule has 27 heavy (non-hydrogen) atoms. The summed E-state index contributed by atoms with van der Waals surface area (Å²) in [4.78, 5) is 8.40. The number of aryl methyl sites for hydroxylation is 1. The maximum absolute atomic E-state index is 6.23. The molecule has 1 aromatic heterocycles. The maximum Gasteiger partial charge on any atom is 0.223 e. The van der Waals surface area contributed by atoms with E-state index >= 15 is 0 Å². The van der Waals surface area contributed by atoms with Crippen LogP contribution in [0.4, 0.5) is 0 Å². The Morgan fingerprint density at radius 1 is 1.26 bits per heavy atom. The number of aliphatic imine (C=N–C) groups is 1. The number of guanidine groups is 1. The fourth-order valence-corrected chi connectivity index (χ4v) is 3.08. The van der Waals surface area contributed by atoms with Crippen molar-refractivity contribution in [1.29, 1.82) is 0 Å². The van der Waals surface area contributed by atoms with Crippen LogP contribution in [-0.4, -0.2) is 36.4 Å². The van der Waals surface area contributed by atoms with Crippen molar-refractivity contribution in [2.75, 3.05) is 14.2 Å². The van der Waals surface area contributed by atoms with E-state index in [-0.39, 0.29) is 6.10 Å². The van der Waals surface area contributed by atoms with E-state index in [1.807, 2.05) is 18.2 Å². The Morgan fingerprint density at radius 2 is 2.04 bits per heavy atom. The molecule has 1 aromatic carbocycles. The van der Waals surface area contributed by atoms with Gasteiger partial charge in [0.25, 0.3) is 0 Å². The lowest BCUT2D eigenvalue weighted by Gasteiger charge is -2.18. The first-order chi connectivity index (χ1) is 13.2. The zero-order valence-electron chi connectivity index (χ0n) is 16.1. The third-order valence-corrected chi connectivity index (χ3v) is 4.52. The first-order valence-corrected chi connectivity index (χ1v) is 9.25. The maximum atomic E-state index is 6.23. The molecule has 3 rings (SSSR count). The Labute approximate surface area is 159 Å². The van der Waals surface area contributed by atoms with E-state index in [0.29, 0.717) is 30.8 Å². The number of hydrogen-bond acceptors (Lipinski definition) is 6. The number of rotatable bonds is 7. The summed E-state index contributed by atoms with van der Waals surface area (Å²) in [5.41, 5.74) is 1.06. The van der Waals surface area contributed by atoms with Gasteiger partial charge >= 0.3 is 0 Å². The third kappa shape index (κ3) is 5.35. The minimum absolute atomic E-state index is 0.287. The normalized spacial score (nSPS) is 15.0. The van der Waals surface area contributed by atoms with Gasteiger partial charge in [-0.05, 0) is 37.8 Å². The molecular formula is C19H27N5O3. The minimum Gasteiger partial charge on any atom is -0.497 e. The average molecular weight is 373 g/mol. The van der Waals surface area contributed by atoms with Crippen LogP contribution in [0.5, 0.6) is 11.5 Å². The van der Waals surface area contributed by atoms with Crippen LogP contribution < -0.4 is 20.1 Å². The summed E-state index contributed by atoms with van der Waals surface area (Å²) in [6.07, 6.45) is 4.96. The summed E-state index contributed by atoms with van der Waals surface area (Å²) < 4.78 is 16.6. The molecule has 2 aromatic rings. The Balaban J connectivity index is 1.60. The largest absolute Gasteiger partial charge is 0.497 e. The smallest absolute Gasteiger partial charge is 0.223 e. The Morgan fingerprint density at radius 3 is 2.70 bits per heavy atom. The van der Waals surface area contributed by atoms with Gasteiger partial charge in [-0.15, -0.1) is 0 Å².